The number of rotatable bonds is 4. The Morgan fingerprint density at radius 2 is 2.19 bits per heavy atom. The number of nitrogens with one attached hydrogen (secondary N) is 1. The summed E-state index contributed by atoms with van der Waals surface area (Å²) in [7, 11) is 0. The molecule has 106 valence electrons. The maximum absolute atomic E-state index is 11.9. The van der Waals surface area contributed by atoms with Crippen LogP contribution in [0.25, 0.3) is 0 Å². The van der Waals surface area contributed by atoms with Crippen LogP contribution in [-0.2, 0) is 4.74 Å². The van der Waals surface area contributed by atoms with E-state index in [1.165, 1.54) is 12.3 Å². The van der Waals surface area contributed by atoms with Gasteiger partial charge in [0.05, 0.1) is 11.8 Å². The fraction of sp³-hybridized carbons (Fsp3) is 0.125. The van der Waals surface area contributed by atoms with Crippen LogP contribution in [0.1, 0.15) is 26.5 Å². The Bertz CT molecular complexity index is 696. The van der Waals surface area contributed by atoms with E-state index in [4.69, 9.17) is 15.6 Å². The van der Waals surface area contributed by atoms with Gasteiger partial charge in [0, 0.05) is 5.69 Å². The summed E-state index contributed by atoms with van der Waals surface area (Å²) in [6.45, 7) is 1.72. The highest BCUT2D eigenvalue weighted by Gasteiger charge is 2.13. The molecular formula is C16H13NO4. The zero-order valence-electron chi connectivity index (χ0n) is 11.4. The SMILES string of the molecule is C#CCOC(=O)c1ccc(C)c(NC(=O)c2ccco2)c1. The minimum absolute atomic E-state index is 0.0964. The molecule has 0 aliphatic carbocycles. The molecule has 0 atom stereocenters. The Morgan fingerprint density at radius 3 is 2.86 bits per heavy atom. The predicted molar refractivity (Wildman–Crippen MR) is 77.0 cm³/mol. The van der Waals surface area contributed by atoms with Gasteiger partial charge in [-0.05, 0) is 36.8 Å². The lowest BCUT2D eigenvalue weighted by Gasteiger charge is -2.09. The van der Waals surface area contributed by atoms with Gasteiger partial charge in [-0.25, -0.2) is 4.79 Å². The van der Waals surface area contributed by atoms with Crippen molar-refractivity contribution in [3.05, 3.63) is 53.5 Å². The van der Waals surface area contributed by atoms with Gasteiger partial charge in [-0.1, -0.05) is 12.0 Å². The number of aryl methyl sites for hydroxylation is 1. The van der Waals surface area contributed by atoms with Gasteiger partial charge in [0.2, 0.25) is 0 Å². The lowest BCUT2D eigenvalue weighted by atomic mass is 10.1. The first-order valence-corrected chi connectivity index (χ1v) is 6.18. The molecule has 0 radical (unpaired) electrons. The van der Waals surface area contributed by atoms with E-state index in [1.54, 1.807) is 24.3 Å². The summed E-state index contributed by atoms with van der Waals surface area (Å²) in [5, 5.41) is 2.68. The summed E-state index contributed by atoms with van der Waals surface area (Å²) >= 11 is 0. The number of hydrogen-bond acceptors (Lipinski definition) is 4. The summed E-state index contributed by atoms with van der Waals surface area (Å²) in [5.41, 5.74) is 1.63. The second-order valence-electron chi connectivity index (χ2n) is 4.24. The van der Waals surface area contributed by atoms with Crippen LogP contribution < -0.4 is 5.32 Å². The van der Waals surface area contributed by atoms with E-state index in [0.29, 0.717) is 11.3 Å². The smallest absolute Gasteiger partial charge is 0.339 e. The number of amides is 1. The maximum Gasteiger partial charge on any atom is 0.339 e. The van der Waals surface area contributed by atoms with E-state index < -0.39 is 11.9 Å². The van der Waals surface area contributed by atoms with Crippen LogP contribution in [0.15, 0.2) is 41.0 Å². The Morgan fingerprint density at radius 1 is 1.38 bits per heavy atom. The zero-order chi connectivity index (χ0) is 15.2. The van der Waals surface area contributed by atoms with Gasteiger partial charge in [-0.2, -0.15) is 0 Å². The van der Waals surface area contributed by atoms with Gasteiger partial charge in [0.15, 0.2) is 12.4 Å². The van der Waals surface area contributed by atoms with Crippen molar-refractivity contribution in [3.63, 3.8) is 0 Å². The normalized spacial score (nSPS) is 9.71. The Kier molecular flexibility index (Phi) is 4.42. The number of anilines is 1. The highest BCUT2D eigenvalue weighted by Crippen LogP contribution is 2.18. The average Bonchev–Trinajstić information content (AvgIpc) is 3.01. The van der Waals surface area contributed by atoms with Crippen molar-refractivity contribution in [2.24, 2.45) is 0 Å². The lowest BCUT2D eigenvalue weighted by Crippen LogP contribution is -2.13. The van der Waals surface area contributed by atoms with Crippen LogP contribution in [-0.4, -0.2) is 18.5 Å². The van der Waals surface area contributed by atoms with Crippen LogP contribution in [0.4, 0.5) is 5.69 Å². The standard InChI is InChI=1S/C16H13NO4/c1-3-8-21-16(19)12-7-6-11(2)13(10-12)17-15(18)14-5-4-9-20-14/h1,4-7,9-10H,8H2,2H3,(H,17,18). The Balaban J connectivity index is 2.18. The molecule has 0 bridgehead atoms. The summed E-state index contributed by atoms with van der Waals surface area (Å²) in [6, 6.07) is 8.03. The van der Waals surface area contributed by atoms with Gasteiger partial charge in [-0.15, -0.1) is 6.42 Å². The third-order valence-corrected chi connectivity index (χ3v) is 2.75. The quantitative estimate of drug-likeness (QED) is 0.692. The number of esters is 1. The van der Waals surface area contributed by atoms with E-state index in [1.807, 2.05) is 6.92 Å². The molecule has 5 nitrogen and oxygen atoms in total. The molecule has 1 heterocycles. The predicted octanol–water partition coefficient (Wildman–Crippen LogP) is 2.63. The lowest BCUT2D eigenvalue weighted by molar-refractivity contribution is 0.0556. The topological polar surface area (TPSA) is 68.5 Å². The number of carbonyl (C=O) groups is 2. The molecule has 0 saturated heterocycles. The van der Waals surface area contributed by atoms with E-state index in [9.17, 15) is 9.59 Å². The zero-order valence-corrected chi connectivity index (χ0v) is 11.4. The number of ether oxygens (including phenoxy) is 1. The van der Waals surface area contributed by atoms with Gasteiger partial charge in [-0.3, -0.25) is 4.79 Å². The molecule has 1 N–H and O–H groups in total. The summed E-state index contributed by atoms with van der Waals surface area (Å²) in [5.74, 6) is 1.48. The van der Waals surface area contributed by atoms with Gasteiger partial charge in [0.25, 0.3) is 5.91 Å². The van der Waals surface area contributed by atoms with E-state index >= 15 is 0 Å². The molecule has 0 fully saturated rings. The van der Waals surface area contributed by atoms with Crippen molar-refractivity contribution < 1.29 is 18.7 Å². The number of carbonyl (C=O) groups excluding carboxylic acids is 2. The molecule has 5 heteroatoms. The van der Waals surface area contributed by atoms with Crippen LogP contribution in [0.3, 0.4) is 0 Å². The Labute approximate surface area is 121 Å². The van der Waals surface area contributed by atoms with Crippen molar-refractivity contribution in [3.8, 4) is 12.3 Å². The molecule has 1 aromatic heterocycles. The minimum Gasteiger partial charge on any atom is -0.459 e. The Hall–Kier alpha value is -3.00. The van der Waals surface area contributed by atoms with Crippen LogP contribution in [0.2, 0.25) is 0 Å². The first-order valence-electron chi connectivity index (χ1n) is 6.18. The fourth-order valence-electron chi connectivity index (χ4n) is 1.67. The van der Waals surface area contributed by atoms with E-state index in [0.717, 1.165) is 5.56 Å². The van der Waals surface area contributed by atoms with Crippen LogP contribution >= 0.6 is 0 Å². The fourth-order valence-corrected chi connectivity index (χ4v) is 1.67. The number of terminal acetylenes is 1. The van der Waals surface area contributed by atoms with Crippen molar-refractivity contribution >= 4 is 17.6 Å². The van der Waals surface area contributed by atoms with Crippen LogP contribution in [0.5, 0.6) is 0 Å². The number of benzene rings is 1. The van der Waals surface area contributed by atoms with Crippen molar-refractivity contribution in [1.29, 1.82) is 0 Å². The van der Waals surface area contributed by atoms with Crippen molar-refractivity contribution in [2.45, 2.75) is 6.92 Å². The monoisotopic (exact) mass is 283 g/mol. The highest BCUT2D eigenvalue weighted by molar-refractivity contribution is 6.03. The van der Waals surface area contributed by atoms with Gasteiger partial charge < -0.3 is 14.5 Å². The molecule has 0 unspecified atom stereocenters. The summed E-state index contributed by atoms with van der Waals surface area (Å²) in [4.78, 5) is 23.7. The van der Waals surface area contributed by atoms with Gasteiger partial charge in [0.1, 0.15) is 0 Å². The second-order valence-corrected chi connectivity index (χ2v) is 4.24. The van der Waals surface area contributed by atoms with E-state index in [2.05, 4.69) is 11.2 Å². The molecule has 0 aliphatic rings. The molecule has 2 aromatic rings. The molecule has 21 heavy (non-hydrogen) atoms. The third-order valence-electron chi connectivity index (χ3n) is 2.75. The van der Waals surface area contributed by atoms with Crippen LogP contribution in [0, 0.1) is 19.3 Å². The minimum atomic E-state index is -0.540. The highest BCUT2D eigenvalue weighted by atomic mass is 16.5. The van der Waals surface area contributed by atoms with Gasteiger partial charge >= 0.3 is 5.97 Å². The average molecular weight is 283 g/mol. The molecule has 2 rings (SSSR count). The first-order chi connectivity index (χ1) is 10.1. The summed E-state index contributed by atoms with van der Waals surface area (Å²) < 4.78 is 9.86. The second kappa shape index (κ2) is 6.44. The first kappa shape index (κ1) is 14.4. The number of furan rings is 1. The molecule has 1 amide bonds. The molecule has 0 spiro atoms. The molecule has 1 aromatic carbocycles. The van der Waals surface area contributed by atoms with Crippen molar-refractivity contribution in [2.75, 3.05) is 11.9 Å². The summed E-state index contributed by atoms with van der Waals surface area (Å²) in [6.07, 6.45) is 6.45. The van der Waals surface area contributed by atoms with E-state index in [-0.39, 0.29) is 12.4 Å². The molecule has 0 saturated carbocycles. The molecule has 0 aliphatic heterocycles. The third kappa shape index (κ3) is 3.51. The number of hydrogen-bond donors (Lipinski definition) is 1. The largest absolute Gasteiger partial charge is 0.459 e. The molecular weight excluding hydrogens is 270 g/mol. The van der Waals surface area contributed by atoms with Crippen molar-refractivity contribution in [1.82, 2.24) is 0 Å². The maximum atomic E-state index is 11.9.